The molecule has 0 aliphatic rings. The third kappa shape index (κ3) is 4.52. The molecule has 3 rings (SSSR count). The van der Waals surface area contributed by atoms with Crippen LogP contribution in [-0.2, 0) is 11.3 Å². The Morgan fingerprint density at radius 1 is 1.15 bits per heavy atom. The van der Waals surface area contributed by atoms with E-state index in [4.69, 9.17) is 13.9 Å². The average molecular weight is 365 g/mol. The smallest absolute Gasteiger partial charge is 0.244 e. The van der Waals surface area contributed by atoms with Crippen molar-refractivity contribution in [3.8, 4) is 23.0 Å². The summed E-state index contributed by atoms with van der Waals surface area (Å²) in [6, 6.07) is 8.99. The molecule has 0 fully saturated rings. The minimum atomic E-state index is -0.249. The van der Waals surface area contributed by atoms with Crippen LogP contribution in [0.25, 0.3) is 17.5 Å². The van der Waals surface area contributed by atoms with Crippen LogP contribution in [0.15, 0.2) is 59.5 Å². The maximum Gasteiger partial charge on any atom is 0.244 e. The molecule has 2 heterocycles. The van der Waals surface area contributed by atoms with Gasteiger partial charge in [-0.1, -0.05) is 6.07 Å². The van der Waals surface area contributed by atoms with Crippen molar-refractivity contribution in [3.63, 3.8) is 0 Å². The fourth-order valence-corrected chi connectivity index (χ4v) is 2.47. The Bertz CT molecular complexity index is 936. The number of hydrogen-bond donors (Lipinski definition) is 1. The third-order valence-electron chi connectivity index (χ3n) is 3.79. The number of carbonyl (C=O) groups excluding carboxylic acids is 1. The number of rotatable bonds is 7. The van der Waals surface area contributed by atoms with Gasteiger partial charge in [-0.05, 0) is 35.9 Å². The number of methoxy groups -OCH3 is 2. The summed E-state index contributed by atoms with van der Waals surface area (Å²) in [5, 5.41) is 2.80. The molecule has 138 valence electrons. The standard InChI is InChI=1S/C20H19N3O4/c1-25-16-7-5-14(12-18(16)26-2)6-8-19(24)23-13-15-20(22-10-9-21-15)17-4-3-11-27-17/h3-12H,13H2,1-2H3,(H,23,24)/b8-6+. The second kappa shape index (κ2) is 8.66. The Balaban J connectivity index is 1.65. The lowest BCUT2D eigenvalue weighted by Gasteiger charge is -2.08. The zero-order valence-electron chi connectivity index (χ0n) is 15.0. The molecule has 2 aromatic heterocycles. The van der Waals surface area contributed by atoms with E-state index in [1.54, 1.807) is 63.2 Å². The number of carbonyl (C=O) groups is 1. The molecule has 0 saturated carbocycles. The number of hydrogen-bond acceptors (Lipinski definition) is 6. The van der Waals surface area contributed by atoms with Crippen molar-refractivity contribution in [3.05, 3.63) is 66.3 Å². The van der Waals surface area contributed by atoms with Gasteiger partial charge >= 0.3 is 0 Å². The van der Waals surface area contributed by atoms with Gasteiger partial charge in [-0.2, -0.15) is 0 Å². The number of aromatic nitrogens is 2. The normalized spacial score (nSPS) is 10.7. The predicted octanol–water partition coefficient (Wildman–Crippen LogP) is 3.08. The highest BCUT2D eigenvalue weighted by Gasteiger charge is 2.10. The number of nitrogens with one attached hydrogen (secondary N) is 1. The zero-order chi connectivity index (χ0) is 19.1. The summed E-state index contributed by atoms with van der Waals surface area (Å²) in [5.41, 5.74) is 2.05. The predicted molar refractivity (Wildman–Crippen MR) is 100 cm³/mol. The topological polar surface area (TPSA) is 86.5 Å². The van der Waals surface area contributed by atoms with Gasteiger partial charge in [0.1, 0.15) is 5.69 Å². The van der Waals surface area contributed by atoms with Crippen LogP contribution in [0.5, 0.6) is 11.5 Å². The van der Waals surface area contributed by atoms with Crippen molar-refractivity contribution >= 4 is 12.0 Å². The van der Waals surface area contributed by atoms with E-state index in [1.165, 1.54) is 6.08 Å². The molecule has 0 saturated heterocycles. The SMILES string of the molecule is COc1ccc(/C=C/C(=O)NCc2nccnc2-c2ccco2)cc1OC. The van der Waals surface area contributed by atoms with Crippen molar-refractivity contribution in [1.82, 2.24) is 15.3 Å². The highest BCUT2D eigenvalue weighted by Crippen LogP contribution is 2.28. The van der Waals surface area contributed by atoms with E-state index < -0.39 is 0 Å². The first-order chi connectivity index (χ1) is 13.2. The first kappa shape index (κ1) is 18.2. The molecular weight excluding hydrogens is 346 g/mol. The summed E-state index contributed by atoms with van der Waals surface area (Å²) in [6.45, 7) is 0.235. The Labute approximate surface area is 156 Å². The highest BCUT2D eigenvalue weighted by atomic mass is 16.5. The van der Waals surface area contributed by atoms with E-state index in [0.29, 0.717) is 28.6 Å². The first-order valence-corrected chi connectivity index (χ1v) is 8.23. The van der Waals surface area contributed by atoms with Crippen molar-refractivity contribution in [2.45, 2.75) is 6.54 Å². The van der Waals surface area contributed by atoms with Gasteiger partial charge in [-0.15, -0.1) is 0 Å². The molecule has 1 N–H and O–H groups in total. The van der Waals surface area contributed by atoms with Crippen LogP contribution in [0.4, 0.5) is 0 Å². The minimum Gasteiger partial charge on any atom is -0.493 e. The molecule has 1 aromatic carbocycles. The van der Waals surface area contributed by atoms with Crippen molar-refractivity contribution in [1.29, 1.82) is 0 Å². The van der Waals surface area contributed by atoms with Crippen molar-refractivity contribution in [2.24, 2.45) is 0 Å². The monoisotopic (exact) mass is 365 g/mol. The van der Waals surface area contributed by atoms with Gasteiger partial charge < -0.3 is 19.2 Å². The van der Waals surface area contributed by atoms with Gasteiger partial charge in [0.15, 0.2) is 17.3 Å². The summed E-state index contributed by atoms with van der Waals surface area (Å²) < 4.78 is 15.8. The van der Waals surface area contributed by atoms with Crippen LogP contribution in [0.1, 0.15) is 11.3 Å². The molecule has 0 spiro atoms. The highest BCUT2D eigenvalue weighted by molar-refractivity contribution is 5.91. The summed E-state index contributed by atoms with van der Waals surface area (Å²) >= 11 is 0. The molecule has 1 amide bonds. The number of nitrogens with zero attached hydrogens (tertiary/aromatic N) is 2. The quantitative estimate of drug-likeness (QED) is 0.648. The van der Waals surface area contributed by atoms with Crippen molar-refractivity contribution < 1.29 is 18.7 Å². The van der Waals surface area contributed by atoms with Crippen molar-refractivity contribution in [2.75, 3.05) is 14.2 Å². The Morgan fingerprint density at radius 2 is 1.96 bits per heavy atom. The maximum absolute atomic E-state index is 12.1. The number of amides is 1. The Kier molecular flexibility index (Phi) is 5.84. The van der Waals surface area contributed by atoms with Gasteiger partial charge in [0.25, 0.3) is 0 Å². The van der Waals surface area contributed by atoms with Gasteiger partial charge in [0.2, 0.25) is 5.91 Å². The fourth-order valence-electron chi connectivity index (χ4n) is 2.47. The molecule has 0 radical (unpaired) electrons. The summed E-state index contributed by atoms with van der Waals surface area (Å²) in [7, 11) is 3.14. The fraction of sp³-hybridized carbons (Fsp3) is 0.150. The second-order valence-corrected chi connectivity index (χ2v) is 5.49. The van der Waals surface area contributed by atoms with E-state index in [-0.39, 0.29) is 12.5 Å². The van der Waals surface area contributed by atoms with Crippen LogP contribution < -0.4 is 14.8 Å². The molecule has 3 aromatic rings. The average Bonchev–Trinajstić information content (AvgIpc) is 3.25. The van der Waals surface area contributed by atoms with Crippen LogP contribution in [0.3, 0.4) is 0 Å². The number of benzene rings is 1. The summed E-state index contributed by atoms with van der Waals surface area (Å²) in [4.78, 5) is 20.7. The lowest BCUT2D eigenvalue weighted by molar-refractivity contribution is -0.116. The molecule has 27 heavy (non-hydrogen) atoms. The van der Waals surface area contributed by atoms with Crippen LogP contribution >= 0.6 is 0 Å². The summed E-state index contributed by atoms with van der Waals surface area (Å²) in [6.07, 6.45) is 7.87. The third-order valence-corrected chi connectivity index (χ3v) is 3.79. The lowest BCUT2D eigenvalue weighted by atomic mass is 10.2. The molecule has 0 bridgehead atoms. The van der Waals surface area contributed by atoms with E-state index in [0.717, 1.165) is 5.56 Å². The molecule has 0 unspecified atom stereocenters. The lowest BCUT2D eigenvalue weighted by Crippen LogP contribution is -2.21. The number of furan rings is 1. The van der Waals surface area contributed by atoms with E-state index in [1.807, 2.05) is 6.07 Å². The minimum absolute atomic E-state index is 0.235. The number of ether oxygens (including phenoxy) is 2. The molecular formula is C20H19N3O4. The molecule has 0 aliphatic carbocycles. The van der Waals surface area contributed by atoms with E-state index >= 15 is 0 Å². The first-order valence-electron chi connectivity index (χ1n) is 8.23. The molecule has 7 nitrogen and oxygen atoms in total. The summed E-state index contributed by atoms with van der Waals surface area (Å²) in [5.74, 6) is 1.59. The van der Waals surface area contributed by atoms with Crippen LogP contribution in [-0.4, -0.2) is 30.1 Å². The van der Waals surface area contributed by atoms with Crippen LogP contribution in [0.2, 0.25) is 0 Å². The van der Waals surface area contributed by atoms with E-state index in [2.05, 4.69) is 15.3 Å². The van der Waals surface area contributed by atoms with Gasteiger partial charge in [0.05, 0.1) is 32.7 Å². The molecule has 0 atom stereocenters. The van der Waals surface area contributed by atoms with Crippen LogP contribution in [0, 0.1) is 0 Å². The molecule has 0 aliphatic heterocycles. The second-order valence-electron chi connectivity index (χ2n) is 5.49. The zero-order valence-corrected chi connectivity index (χ0v) is 15.0. The van der Waals surface area contributed by atoms with Gasteiger partial charge in [-0.25, -0.2) is 4.98 Å². The largest absolute Gasteiger partial charge is 0.493 e. The molecule has 7 heteroatoms. The maximum atomic E-state index is 12.1. The van der Waals surface area contributed by atoms with E-state index in [9.17, 15) is 4.79 Å². The Hall–Kier alpha value is -3.61. The van der Waals surface area contributed by atoms with Gasteiger partial charge in [-0.3, -0.25) is 9.78 Å². The van der Waals surface area contributed by atoms with Gasteiger partial charge in [0, 0.05) is 18.5 Å². The Morgan fingerprint density at radius 3 is 2.70 bits per heavy atom.